The van der Waals surface area contributed by atoms with E-state index >= 15 is 0 Å². The monoisotopic (exact) mass is 414 g/mol. The maximum absolute atomic E-state index is 12.3. The summed E-state index contributed by atoms with van der Waals surface area (Å²) in [6.45, 7) is 5.88. The van der Waals surface area contributed by atoms with Crippen LogP contribution >= 0.6 is 0 Å². The molecule has 4 aromatic rings. The molecule has 0 unspecified atom stereocenters. The third-order valence-electron chi connectivity index (χ3n) is 5.33. The van der Waals surface area contributed by atoms with Crippen molar-refractivity contribution in [1.29, 1.82) is 0 Å². The number of ether oxygens (including phenoxy) is 1. The molecular weight excluding hydrogens is 388 g/mol. The molecule has 4 rings (SSSR count). The van der Waals surface area contributed by atoms with Gasteiger partial charge in [-0.1, -0.05) is 24.3 Å². The summed E-state index contributed by atoms with van der Waals surface area (Å²) in [5.41, 5.74) is 4.90. The van der Waals surface area contributed by atoms with Crippen molar-refractivity contribution in [2.75, 3.05) is 13.2 Å². The van der Waals surface area contributed by atoms with Gasteiger partial charge in [0.15, 0.2) is 0 Å². The molecule has 6 nitrogen and oxygen atoms in total. The highest BCUT2D eigenvalue weighted by molar-refractivity contribution is 5.92. The van der Waals surface area contributed by atoms with Crippen LogP contribution in [-0.4, -0.2) is 33.6 Å². The van der Waals surface area contributed by atoms with Gasteiger partial charge in [0.1, 0.15) is 23.9 Å². The fourth-order valence-corrected chi connectivity index (χ4v) is 3.50. The Kier molecular flexibility index (Phi) is 6.26. The van der Waals surface area contributed by atoms with E-state index in [0.29, 0.717) is 31.8 Å². The molecule has 0 bridgehead atoms. The highest BCUT2D eigenvalue weighted by Crippen LogP contribution is 2.19. The summed E-state index contributed by atoms with van der Waals surface area (Å²) in [5, 5.41) is 2.93. The number of pyridine rings is 1. The summed E-state index contributed by atoms with van der Waals surface area (Å²) in [6, 6.07) is 19.5. The van der Waals surface area contributed by atoms with Crippen LogP contribution in [0.1, 0.15) is 27.4 Å². The van der Waals surface area contributed by atoms with Crippen molar-refractivity contribution in [2.45, 2.75) is 26.8 Å². The van der Waals surface area contributed by atoms with Gasteiger partial charge >= 0.3 is 0 Å². The molecular formula is C25H26N4O2. The van der Waals surface area contributed by atoms with Crippen molar-refractivity contribution in [3.63, 3.8) is 0 Å². The number of rotatable bonds is 8. The van der Waals surface area contributed by atoms with Crippen LogP contribution in [0, 0.1) is 13.8 Å². The van der Waals surface area contributed by atoms with Crippen molar-refractivity contribution in [2.24, 2.45) is 0 Å². The molecule has 0 radical (unpaired) electrons. The zero-order chi connectivity index (χ0) is 21.6. The summed E-state index contributed by atoms with van der Waals surface area (Å²) < 4.78 is 8.16. The number of amides is 1. The quantitative estimate of drug-likeness (QED) is 0.471. The number of carbonyl (C=O) groups excluding carboxylic acids is 1. The number of aromatic nitrogens is 3. The fourth-order valence-electron chi connectivity index (χ4n) is 3.50. The molecule has 1 N–H and O–H groups in total. The van der Waals surface area contributed by atoms with Gasteiger partial charge in [-0.25, -0.2) is 4.98 Å². The summed E-state index contributed by atoms with van der Waals surface area (Å²) in [5.74, 6) is 1.62. The van der Waals surface area contributed by atoms with Crippen molar-refractivity contribution < 1.29 is 9.53 Å². The summed E-state index contributed by atoms with van der Waals surface area (Å²) >= 11 is 0. The third kappa shape index (κ3) is 4.91. The van der Waals surface area contributed by atoms with Crippen molar-refractivity contribution in [1.82, 2.24) is 19.9 Å². The molecule has 0 fully saturated rings. The van der Waals surface area contributed by atoms with Gasteiger partial charge in [-0.3, -0.25) is 9.78 Å². The Bertz CT molecular complexity index is 1180. The Morgan fingerprint density at radius 1 is 1.03 bits per heavy atom. The van der Waals surface area contributed by atoms with Gasteiger partial charge in [0.2, 0.25) is 0 Å². The van der Waals surface area contributed by atoms with E-state index in [1.54, 1.807) is 24.4 Å². The third-order valence-corrected chi connectivity index (χ3v) is 5.33. The Morgan fingerprint density at radius 2 is 1.87 bits per heavy atom. The lowest BCUT2D eigenvalue weighted by Gasteiger charge is -2.12. The molecule has 158 valence electrons. The minimum Gasteiger partial charge on any atom is -0.492 e. The number of hydrogen-bond donors (Lipinski definition) is 1. The molecule has 2 heterocycles. The molecule has 31 heavy (non-hydrogen) atoms. The van der Waals surface area contributed by atoms with Gasteiger partial charge in [0.05, 0.1) is 17.6 Å². The van der Waals surface area contributed by atoms with E-state index in [9.17, 15) is 4.79 Å². The first-order valence-corrected chi connectivity index (χ1v) is 10.5. The lowest BCUT2D eigenvalue weighted by molar-refractivity contribution is 0.0949. The van der Waals surface area contributed by atoms with Crippen molar-refractivity contribution in [3.8, 4) is 5.75 Å². The minimum atomic E-state index is -0.179. The second kappa shape index (κ2) is 9.43. The number of carbonyl (C=O) groups is 1. The Morgan fingerprint density at radius 3 is 2.68 bits per heavy atom. The molecule has 0 aliphatic carbocycles. The molecule has 0 atom stereocenters. The molecule has 2 aromatic heterocycles. The largest absolute Gasteiger partial charge is 0.492 e. The normalized spacial score (nSPS) is 10.9. The summed E-state index contributed by atoms with van der Waals surface area (Å²) in [6.07, 6.45) is 2.24. The molecule has 0 aliphatic heterocycles. The van der Waals surface area contributed by atoms with E-state index in [1.165, 1.54) is 11.1 Å². The SMILES string of the molecule is Cc1ccc(OCCn2c(CCNC(=O)c3ccccn3)nc3ccccc32)cc1C. The number of imidazole rings is 1. The molecule has 0 aliphatic rings. The van der Waals surface area contributed by atoms with Crippen molar-refractivity contribution >= 4 is 16.9 Å². The first-order chi connectivity index (χ1) is 15.1. The predicted octanol–water partition coefficient (Wildman–Crippen LogP) is 4.10. The van der Waals surface area contributed by atoms with Crippen LogP contribution in [0.3, 0.4) is 0 Å². The van der Waals surface area contributed by atoms with Gasteiger partial charge in [0, 0.05) is 19.2 Å². The number of para-hydroxylation sites is 2. The van der Waals surface area contributed by atoms with Gasteiger partial charge in [-0.15, -0.1) is 0 Å². The van der Waals surface area contributed by atoms with E-state index in [1.807, 2.05) is 24.3 Å². The van der Waals surface area contributed by atoms with E-state index in [-0.39, 0.29) is 5.91 Å². The lowest BCUT2D eigenvalue weighted by atomic mass is 10.1. The van der Waals surface area contributed by atoms with Crippen LogP contribution in [0.5, 0.6) is 5.75 Å². The van der Waals surface area contributed by atoms with Crippen molar-refractivity contribution in [3.05, 3.63) is 89.5 Å². The Balaban J connectivity index is 1.42. The average molecular weight is 415 g/mol. The summed E-state index contributed by atoms with van der Waals surface area (Å²) in [4.78, 5) is 21.1. The predicted molar refractivity (Wildman–Crippen MR) is 121 cm³/mol. The van der Waals surface area contributed by atoms with Gasteiger partial charge in [-0.05, 0) is 61.4 Å². The van der Waals surface area contributed by atoms with Crippen LogP contribution in [0.2, 0.25) is 0 Å². The second-order valence-electron chi connectivity index (χ2n) is 7.48. The number of hydrogen-bond acceptors (Lipinski definition) is 4. The minimum absolute atomic E-state index is 0.179. The second-order valence-corrected chi connectivity index (χ2v) is 7.48. The molecule has 0 spiro atoms. The van der Waals surface area contributed by atoms with Gasteiger partial charge in [0.25, 0.3) is 5.91 Å². The highest BCUT2D eigenvalue weighted by Gasteiger charge is 2.12. The fraction of sp³-hybridized carbons (Fsp3) is 0.240. The molecule has 2 aromatic carbocycles. The number of nitrogens with zero attached hydrogens (tertiary/aromatic N) is 3. The lowest BCUT2D eigenvalue weighted by Crippen LogP contribution is -2.27. The van der Waals surface area contributed by atoms with E-state index in [2.05, 4.69) is 46.9 Å². The van der Waals surface area contributed by atoms with Crippen LogP contribution in [0.25, 0.3) is 11.0 Å². The maximum Gasteiger partial charge on any atom is 0.269 e. The molecule has 6 heteroatoms. The summed E-state index contributed by atoms with van der Waals surface area (Å²) in [7, 11) is 0. The van der Waals surface area contributed by atoms with Gasteiger partial charge < -0.3 is 14.6 Å². The van der Waals surface area contributed by atoms with Crippen LogP contribution in [0.15, 0.2) is 66.9 Å². The van der Waals surface area contributed by atoms with Gasteiger partial charge in [-0.2, -0.15) is 0 Å². The maximum atomic E-state index is 12.3. The van der Waals surface area contributed by atoms with E-state index in [0.717, 1.165) is 22.6 Å². The zero-order valence-electron chi connectivity index (χ0n) is 17.8. The highest BCUT2D eigenvalue weighted by atomic mass is 16.5. The van der Waals surface area contributed by atoms with Crippen LogP contribution < -0.4 is 10.1 Å². The smallest absolute Gasteiger partial charge is 0.269 e. The molecule has 0 saturated heterocycles. The van der Waals surface area contributed by atoms with Crippen LogP contribution in [-0.2, 0) is 13.0 Å². The first kappa shape index (κ1) is 20.6. The topological polar surface area (TPSA) is 69.0 Å². The molecule has 1 amide bonds. The standard InChI is InChI=1S/C25H26N4O2/c1-18-10-11-20(17-19(18)2)31-16-15-29-23-9-4-3-7-21(23)28-24(29)12-14-27-25(30)22-8-5-6-13-26-22/h3-11,13,17H,12,14-16H2,1-2H3,(H,27,30). The number of benzene rings is 2. The van der Waals surface area contributed by atoms with Crippen LogP contribution in [0.4, 0.5) is 0 Å². The Labute approximate surface area is 181 Å². The number of nitrogens with one attached hydrogen (secondary N) is 1. The number of fused-ring (bicyclic) bond motifs is 1. The first-order valence-electron chi connectivity index (χ1n) is 10.5. The van der Waals surface area contributed by atoms with E-state index < -0.39 is 0 Å². The molecule has 0 saturated carbocycles. The average Bonchev–Trinajstić information content (AvgIpc) is 3.14. The zero-order valence-corrected chi connectivity index (χ0v) is 17.8. The number of aryl methyl sites for hydroxylation is 2. The Hall–Kier alpha value is -3.67. The van der Waals surface area contributed by atoms with E-state index in [4.69, 9.17) is 9.72 Å².